The van der Waals surface area contributed by atoms with Gasteiger partial charge in [0.2, 0.25) is 0 Å². The summed E-state index contributed by atoms with van der Waals surface area (Å²) >= 11 is 0. The zero-order valence-electron chi connectivity index (χ0n) is 11.6. The maximum absolute atomic E-state index is 11.9. The monoisotopic (exact) mass is 276 g/mol. The van der Waals surface area contributed by atoms with Gasteiger partial charge in [-0.1, -0.05) is 12.1 Å². The van der Waals surface area contributed by atoms with Gasteiger partial charge in [0.25, 0.3) is 5.91 Å². The van der Waals surface area contributed by atoms with Gasteiger partial charge in [0.1, 0.15) is 18.0 Å². The summed E-state index contributed by atoms with van der Waals surface area (Å²) in [4.78, 5) is 27.2. The number of nitrogens with one attached hydrogen (secondary N) is 1. The summed E-state index contributed by atoms with van der Waals surface area (Å²) in [6, 6.07) is 7.01. The molecule has 1 aliphatic rings. The van der Waals surface area contributed by atoms with Crippen LogP contribution in [0.3, 0.4) is 0 Å². The third-order valence-corrected chi connectivity index (χ3v) is 2.38. The Morgan fingerprint density at radius 2 is 2.05 bits per heavy atom. The number of hydrogen-bond donors (Lipinski definition) is 1. The molecule has 0 saturated carbocycles. The van der Waals surface area contributed by atoms with E-state index in [4.69, 9.17) is 9.47 Å². The minimum Gasteiger partial charge on any atom is -0.485 e. The van der Waals surface area contributed by atoms with Gasteiger partial charge in [0, 0.05) is 0 Å². The maximum atomic E-state index is 11.9. The van der Waals surface area contributed by atoms with Gasteiger partial charge in [-0.2, -0.15) is 4.99 Å². The van der Waals surface area contributed by atoms with Crippen molar-refractivity contribution in [1.29, 1.82) is 0 Å². The van der Waals surface area contributed by atoms with E-state index >= 15 is 0 Å². The molecule has 0 radical (unpaired) electrons. The van der Waals surface area contributed by atoms with E-state index < -0.39 is 17.6 Å². The van der Waals surface area contributed by atoms with Crippen LogP contribution < -0.4 is 10.1 Å². The summed E-state index contributed by atoms with van der Waals surface area (Å²) in [6.45, 7) is 5.10. The van der Waals surface area contributed by atoms with Crippen molar-refractivity contribution in [2.75, 3.05) is 11.9 Å². The average Bonchev–Trinajstić information content (AvgIpc) is 2.47. The Labute approximate surface area is 116 Å². The number of aliphatic imine (C=N–C) groups is 1. The van der Waals surface area contributed by atoms with Crippen molar-refractivity contribution >= 4 is 23.4 Å². The van der Waals surface area contributed by atoms with E-state index in [0.29, 0.717) is 11.4 Å². The van der Waals surface area contributed by atoms with Crippen LogP contribution in [0.2, 0.25) is 0 Å². The summed E-state index contributed by atoms with van der Waals surface area (Å²) < 4.78 is 10.5. The van der Waals surface area contributed by atoms with Gasteiger partial charge in [-0.15, -0.1) is 0 Å². The highest BCUT2D eigenvalue weighted by atomic mass is 16.6. The highest BCUT2D eigenvalue weighted by Crippen LogP contribution is 2.25. The van der Waals surface area contributed by atoms with Crippen LogP contribution in [0.5, 0.6) is 5.75 Å². The van der Waals surface area contributed by atoms with Gasteiger partial charge in [0.15, 0.2) is 5.71 Å². The minimum atomic E-state index is -0.808. The first kappa shape index (κ1) is 14.0. The van der Waals surface area contributed by atoms with E-state index in [-0.39, 0.29) is 12.3 Å². The third kappa shape index (κ3) is 3.57. The van der Waals surface area contributed by atoms with Gasteiger partial charge in [-0.3, -0.25) is 4.79 Å². The molecule has 6 nitrogen and oxygen atoms in total. The summed E-state index contributed by atoms with van der Waals surface area (Å²) in [5.41, 5.74) is -0.131. The number of ether oxygens (including phenoxy) is 2. The lowest BCUT2D eigenvalue weighted by Gasteiger charge is -2.17. The van der Waals surface area contributed by atoms with Gasteiger partial charge >= 0.3 is 6.09 Å². The molecule has 0 unspecified atom stereocenters. The Morgan fingerprint density at radius 3 is 2.75 bits per heavy atom. The lowest BCUT2D eigenvalue weighted by atomic mass is 10.2. The van der Waals surface area contributed by atoms with Crippen molar-refractivity contribution in [3.63, 3.8) is 0 Å². The molecular formula is C14H16N2O4. The van der Waals surface area contributed by atoms with Crippen LogP contribution in [0.1, 0.15) is 20.8 Å². The number of carbonyl (C=O) groups is 2. The average molecular weight is 276 g/mol. The maximum Gasteiger partial charge on any atom is 0.434 e. The van der Waals surface area contributed by atoms with E-state index in [0.717, 1.165) is 0 Å². The highest BCUT2D eigenvalue weighted by Gasteiger charge is 2.23. The second-order valence-electron chi connectivity index (χ2n) is 5.28. The SMILES string of the molecule is CC(C)(C)OC(=O)N=C1COc2ccccc2NC1=O. The first-order valence-electron chi connectivity index (χ1n) is 6.19. The second-order valence-corrected chi connectivity index (χ2v) is 5.28. The largest absolute Gasteiger partial charge is 0.485 e. The first-order chi connectivity index (χ1) is 9.35. The summed E-state index contributed by atoms with van der Waals surface area (Å²) in [5.74, 6) is 0.0658. The van der Waals surface area contributed by atoms with E-state index in [1.54, 1.807) is 45.0 Å². The van der Waals surface area contributed by atoms with Crippen LogP contribution in [0.4, 0.5) is 10.5 Å². The van der Waals surface area contributed by atoms with Crippen LogP contribution in [0.15, 0.2) is 29.3 Å². The van der Waals surface area contributed by atoms with E-state index in [1.165, 1.54) is 0 Å². The molecule has 0 spiro atoms. The fourth-order valence-corrected chi connectivity index (χ4v) is 1.58. The molecule has 1 aromatic carbocycles. The fourth-order valence-electron chi connectivity index (χ4n) is 1.58. The molecule has 0 atom stereocenters. The van der Waals surface area contributed by atoms with Crippen molar-refractivity contribution < 1.29 is 19.1 Å². The predicted octanol–water partition coefficient (Wildman–Crippen LogP) is 2.39. The zero-order chi connectivity index (χ0) is 14.8. The Morgan fingerprint density at radius 1 is 1.35 bits per heavy atom. The van der Waals surface area contributed by atoms with E-state index in [9.17, 15) is 9.59 Å². The molecule has 2 amide bonds. The van der Waals surface area contributed by atoms with Crippen LogP contribution in [-0.2, 0) is 9.53 Å². The number of fused-ring (bicyclic) bond motifs is 1. The van der Waals surface area contributed by atoms with Crippen LogP contribution in [0.25, 0.3) is 0 Å². The molecule has 0 aliphatic carbocycles. The quantitative estimate of drug-likeness (QED) is 0.789. The topological polar surface area (TPSA) is 77.0 Å². The van der Waals surface area contributed by atoms with Gasteiger partial charge in [-0.05, 0) is 32.9 Å². The standard InChI is InChI=1S/C14H16N2O4/c1-14(2,3)20-13(18)16-10-8-19-11-7-5-4-6-9(11)15-12(10)17/h4-7H,8H2,1-3H3,(H,15,17). The Balaban J connectivity index is 2.16. The second kappa shape index (κ2) is 5.32. The molecule has 0 bridgehead atoms. The molecule has 2 rings (SSSR count). The summed E-state index contributed by atoms with van der Waals surface area (Å²) in [5, 5.41) is 2.64. The number of rotatable bonds is 0. The van der Waals surface area contributed by atoms with Crippen molar-refractivity contribution in [3.8, 4) is 5.75 Å². The van der Waals surface area contributed by atoms with E-state index in [2.05, 4.69) is 10.3 Å². The molecule has 1 aliphatic heterocycles. The van der Waals surface area contributed by atoms with Gasteiger partial charge in [-0.25, -0.2) is 4.79 Å². The van der Waals surface area contributed by atoms with Crippen molar-refractivity contribution in [1.82, 2.24) is 0 Å². The molecule has 0 saturated heterocycles. The molecule has 1 N–H and O–H groups in total. The third-order valence-electron chi connectivity index (χ3n) is 2.38. The fraction of sp³-hybridized carbons (Fsp3) is 0.357. The van der Waals surface area contributed by atoms with Crippen molar-refractivity contribution in [2.24, 2.45) is 4.99 Å². The molecule has 6 heteroatoms. The number of nitrogens with zero attached hydrogens (tertiary/aromatic N) is 1. The summed E-state index contributed by atoms with van der Waals surface area (Å²) in [6.07, 6.45) is -0.808. The molecule has 106 valence electrons. The number of carbonyl (C=O) groups excluding carboxylic acids is 2. The normalized spacial score (nSPS) is 16.8. The van der Waals surface area contributed by atoms with Crippen molar-refractivity contribution in [3.05, 3.63) is 24.3 Å². The molecule has 1 heterocycles. The Kier molecular flexibility index (Phi) is 3.74. The van der Waals surface area contributed by atoms with Crippen molar-refractivity contribution in [2.45, 2.75) is 26.4 Å². The van der Waals surface area contributed by atoms with E-state index in [1.807, 2.05) is 0 Å². The van der Waals surface area contributed by atoms with Crippen LogP contribution in [0, 0.1) is 0 Å². The molecule has 20 heavy (non-hydrogen) atoms. The number of para-hydroxylation sites is 2. The number of hydrogen-bond acceptors (Lipinski definition) is 4. The number of amides is 2. The lowest BCUT2D eigenvalue weighted by molar-refractivity contribution is -0.110. The molecule has 1 aromatic rings. The lowest BCUT2D eigenvalue weighted by Crippen LogP contribution is -2.28. The highest BCUT2D eigenvalue weighted by molar-refractivity contribution is 6.45. The van der Waals surface area contributed by atoms with Gasteiger partial charge in [0.05, 0.1) is 5.69 Å². The van der Waals surface area contributed by atoms with Crippen LogP contribution in [-0.4, -0.2) is 29.9 Å². The molecule has 0 aromatic heterocycles. The summed E-state index contributed by atoms with van der Waals surface area (Å²) in [7, 11) is 0. The minimum absolute atomic E-state index is 0.0181. The molecular weight excluding hydrogens is 260 g/mol. The Bertz CT molecular complexity index is 573. The zero-order valence-corrected chi connectivity index (χ0v) is 11.6. The van der Waals surface area contributed by atoms with Gasteiger partial charge < -0.3 is 14.8 Å². The number of anilines is 1. The predicted molar refractivity (Wildman–Crippen MR) is 74.2 cm³/mol. The molecule has 0 fully saturated rings. The number of benzene rings is 1. The van der Waals surface area contributed by atoms with Crippen LogP contribution >= 0.6 is 0 Å². The first-order valence-corrected chi connectivity index (χ1v) is 6.19. The Hall–Kier alpha value is -2.37. The smallest absolute Gasteiger partial charge is 0.434 e.